The zero-order chi connectivity index (χ0) is 20.0. The Bertz CT molecular complexity index is 910. The molecule has 0 unspecified atom stereocenters. The van der Waals surface area contributed by atoms with Gasteiger partial charge in [0.05, 0.1) is 31.0 Å². The Balaban J connectivity index is 2.25. The van der Waals surface area contributed by atoms with Crippen LogP contribution in [0.3, 0.4) is 0 Å². The van der Waals surface area contributed by atoms with Crippen molar-refractivity contribution >= 4 is 35.3 Å². The number of rotatable bonds is 4. The van der Waals surface area contributed by atoms with Crippen LogP contribution in [0.15, 0.2) is 36.5 Å². The molecule has 1 heterocycles. The van der Waals surface area contributed by atoms with Gasteiger partial charge in [-0.05, 0) is 42.8 Å². The molecule has 2 N–H and O–H groups in total. The molecule has 9 nitrogen and oxygen atoms in total. The Hall–Kier alpha value is -3.75. The Morgan fingerprint density at radius 2 is 1.56 bits per heavy atom. The van der Waals surface area contributed by atoms with Crippen molar-refractivity contribution < 1.29 is 28.7 Å². The second kappa shape index (κ2) is 8.56. The first kappa shape index (κ1) is 19.6. The third kappa shape index (κ3) is 4.88. The third-order valence-electron chi connectivity index (χ3n) is 3.46. The lowest BCUT2D eigenvalue weighted by Gasteiger charge is -2.11. The monoisotopic (exact) mass is 371 g/mol. The van der Waals surface area contributed by atoms with E-state index in [1.165, 1.54) is 31.5 Å². The normalized spacial score (nSPS) is 9.89. The van der Waals surface area contributed by atoms with Gasteiger partial charge in [-0.3, -0.25) is 9.59 Å². The Morgan fingerprint density at radius 1 is 0.889 bits per heavy atom. The van der Waals surface area contributed by atoms with E-state index in [4.69, 9.17) is 0 Å². The molecule has 0 aliphatic heterocycles. The van der Waals surface area contributed by atoms with Gasteiger partial charge in [-0.1, -0.05) is 0 Å². The molecule has 0 atom stereocenters. The Labute approximate surface area is 154 Å². The summed E-state index contributed by atoms with van der Waals surface area (Å²) in [6, 6.07) is 7.16. The van der Waals surface area contributed by atoms with Gasteiger partial charge in [0.1, 0.15) is 5.82 Å². The number of hydrogen-bond acceptors (Lipinski definition) is 7. The maximum atomic E-state index is 12.2. The predicted molar refractivity (Wildman–Crippen MR) is 95.4 cm³/mol. The number of carbonyl (C=O) groups is 4. The van der Waals surface area contributed by atoms with Crippen LogP contribution in [0.1, 0.15) is 26.3 Å². The van der Waals surface area contributed by atoms with Crippen LogP contribution >= 0.6 is 0 Å². The first-order valence-corrected chi connectivity index (χ1v) is 7.71. The van der Waals surface area contributed by atoms with E-state index in [0.717, 1.165) is 12.7 Å². The second-order valence-corrected chi connectivity index (χ2v) is 5.37. The van der Waals surface area contributed by atoms with Crippen molar-refractivity contribution in [3.63, 3.8) is 0 Å². The fourth-order valence-corrected chi connectivity index (χ4v) is 2.14. The SMILES string of the molecule is COC(=O)c1ccc(C(=O)OC)c(NC(=O)C(=O)Nc2cc(C)ccn2)c1. The van der Waals surface area contributed by atoms with Crippen LogP contribution in [0, 0.1) is 6.92 Å². The molecular weight excluding hydrogens is 354 g/mol. The average Bonchev–Trinajstić information content (AvgIpc) is 2.66. The molecule has 0 bridgehead atoms. The van der Waals surface area contributed by atoms with Gasteiger partial charge in [-0.25, -0.2) is 14.6 Å². The molecule has 140 valence electrons. The van der Waals surface area contributed by atoms with Crippen molar-refractivity contribution in [3.05, 3.63) is 53.2 Å². The van der Waals surface area contributed by atoms with Crippen LogP contribution in [-0.2, 0) is 19.1 Å². The number of nitrogens with one attached hydrogen (secondary N) is 2. The largest absolute Gasteiger partial charge is 0.465 e. The second-order valence-electron chi connectivity index (χ2n) is 5.37. The first-order valence-electron chi connectivity index (χ1n) is 7.71. The molecule has 27 heavy (non-hydrogen) atoms. The van der Waals surface area contributed by atoms with Crippen LogP contribution in [0.4, 0.5) is 11.5 Å². The number of benzene rings is 1. The minimum Gasteiger partial charge on any atom is -0.465 e. The van der Waals surface area contributed by atoms with Gasteiger partial charge in [0.15, 0.2) is 0 Å². The van der Waals surface area contributed by atoms with Gasteiger partial charge < -0.3 is 20.1 Å². The van der Waals surface area contributed by atoms with Gasteiger partial charge in [0.25, 0.3) is 0 Å². The lowest BCUT2D eigenvalue weighted by Crippen LogP contribution is -2.30. The number of aromatic nitrogens is 1. The van der Waals surface area contributed by atoms with E-state index in [1.807, 2.05) is 0 Å². The van der Waals surface area contributed by atoms with E-state index in [-0.39, 0.29) is 22.6 Å². The summed E-state index contributed by atoms with van der Waals surface area (Å²) in [5.74, 6) is -3.26. The zero-order valence-corrected chi connectivity index (χ0v) is 14.9. The predicted octanol–water partition coefficient (Wildman–Crippen LogP) is 1.54. The standard InChI is InChI=1S/C18H17N3O6/c1-10-6-7-19-14(8-10)21-16(23)15(22)20-13-9-11(17(24)26-2)4-5-12(13)18(25)27-3/h4-9H,1-3H3,(H,20,22)(H,19,21,23). The molecule has 1 aromatic heterocycles. The summed E-state index contributed by atoms with van der Waals surface area (Å²) in [6.45, 7) is 1.80. The molecule has 0 aliphatic rings. The number of ether oxygens (including phenoxy) is 2. The average molecular weight is 371 g/mol. The quantitative estimate of drug-likeness (QED) is 0.617. The smallest absolute Gasteiger partial charge is 0.339 e. The van der Waals surface area contributed by atoms with Crippen molar-refractivity contribution in [2.75, 3.05) is 24.9 Å². The highest BCUT2D eigenvalue weighted by molar-refractivity contribution is 6.43. The molecule has 2 rings (SSSR count). The summed E-state index contributed by atoms with van der Waals surface area (Å²) in [4.78, 5) is 51.7. The van der Waals surface area contributed by atoms with Gasteiger partial charge in [0.2, 0.25) is 0 Å². The molecule has 0 saturated carbocycles. The summed E-state index contributed by atoms with van der Waals surface area (Å²) in [7, 11) is 2.36. The van der Waals surface area contributed by atoms with E-state index in [2.05, 4.69) is 25.1 Å². The topological polar surface area (TPSA) is 124 Å². The third-order valence-corrected chi connectivity index (χ3v) is 3.46. The molecule has 1 aromatic carbocycles. The summed E-state index contributed by atoms with van der Waals surface area (Å²) in [5.41, 5.74) is 0.836. The zero-order valence-electron chi connectivity index (χ0n) is 14.9. The van der Waals surface area contributed by atoms with Crippen LogP contribution in [0.2, 0.25) is 0 Å². The van der Waals surface area contributed by atoms with Crippen molar-refractivity contribution in [3.8, 4) is 0 Å². The van der Waals surface area contributed by atoms with Crippen LogP contribution in [-0.4, -0.2) is 43.0 Å². The lowest BCUT2D eigenvalue weighted by atomic mass is 10.1. The summed E-state index contributed by atoms with van der Waals surface area (Å²) >= 11 is 0. The van der Waals surface area contributed by atoms with Crippen LogP contribution < -0.4 is 10.6 Å². The molecule has 9 heteroatoms. The molecule has 0 radical (unpaired) electrons. The Kier molecular flexibility index (Phi) is 6.21. The molecule has 0 aliphatic carbocycles. The minimum absolute atomic E-state index is 0.0278. The summed E-state index contributed by atoms with van der Waals surface area (Å²) in [5, 5.41) is 4.64. The van der Waals surface area contributed by atoms with Crippen molar-refractivity contribution in [1.29, 1.82) is 0 Å². The van der Waals surface area contributed by atoms with Crippen molar-refractivity contribution in [2.45, 2.75) is 6.92 Å². The molecule has 2 aromatic rings. The summed E-state index contributed by atoms with van der Waals surface area (Å²) in [6.07, 6.45) is 1.48. The van der Waals surface area contributed by atoms with Crippen molar-refractivity contribution in [1.82, 2.24) is 4.98 Å². The van der Waals surface area contributed by atoms with E-state index >= 15 is 0 Å². The number of hydrogen-bond donors (Lipinski definition) is 2. The molecule has 0 spiro atoms. The van der Waals surface area contributed by atoms with Crippen LogP contribution in [0.5, 0.6) is 0 Å². The fourth-order valence-electron chi connectivity index (χ4n) is 2.14. The molecule has 2 amide bonds. The Morgan fingerprint density at radius 3 is 2.19 bits per heavy atom. The number of amides is 2. The number of pyridine rings is 1. The van der Waals surface area contributed by atoms with E-state index in [1.54, 1.807) is 19.1 Å². The maximum Gasteiger partial charge on any atom is 0.339 e. The molecule has 0 saturated heterocycles. The highest BCUT2D eigenvalue weighted by Crippen LogP contribution is 2.20. The number of anilines is 2. The van der Waals surface area contributed by atoms with E-state index in [0.29, 0.717) is 0 Å². The summed E-state index contributed by atoms with van der Waals surface area (Å²) < 4.78 is 9.24. The van der Waals surface area contributed by atoms with Gasteiger partial charge in [-0.2, -0.15) is 0 Å². The van der Waals surface area contributed by atoms with E-state index in [9.17, 15) is 19.2 Å². The number of aryl methyl sites for hydroxylation is 1. The fraction of sp³-hybridized carbons (Fsp3) is 0.167. The first-order chi connectivity index (χ1) is 12.8. The lowest BCUT2D eigenvalue weighted by molar-refractivity contribution is -0.133. The highest BCUT2D eigenvalue weighted by atomic mass is 16.5. The van der Waals surface area contributed by atoms with E-state index < -0.39 is 23.8 Å². The molecule has 0 fully saturated rings. The minimum atomic E-state index is -1.05. The number of esters is 2. The van der Waals surface area contributed by atoms with Gasteiger partial charge in [0, 0.05) is 6.20 Å². The molecular formula is C18H17N3O6. The van der Waals surface area contributed by atoms with Gasteiger partial charge >= 0.3 is 23.8 Å². The maximum absolute atomic E-state index is 12.2. The van der Waals surface area contributed by atoms with Gasteiger partial charge in [-0.15, -0.1) is 0 Å². The number of carbonyl (C=O) groups excluding carboxylic acids is 4. The van der Waals surface area contributed by atoms with Crippen LogP contribution in [0.25, 0.3) is 0 Å². The number of nitrogens with zero attached hydrogens (tertiary/aromatic N) is 1. The highest BCUT2D eigenvalue weighted by Gasteiger charge is 2.21. The van der Waals surface area contributed by atoms with Crippen molar-refractivity contribution in [2.24, 2.45) is 0 Å². The number of methoxy groups -OCH3 is 2.